The van der Waals surface area contributed by atoms with Gasteiger partial charge in [-0.3, -0.25) is 0 Å². The highest BCUT2D eigenvalue weighted by atomic mass is 79.9. The molecule has 0 spiro atoms. The van der Waals surface area contributed by atoms with Gasteiger partial charge in [-0.25, -0.2) is 0 Å². The first kappa shape index (κ1) is 12.7. The number of halogens is 1. The minimum absolute atomic E-state index is 0.520. The van der Waals surface area contributed by atoms with Crippen LogP contribution in [0.25, 0.3) is 0 Å². The topological polar surface area (TPSA) is 24.5 Å². The van der Waals surface area contributed by atoms with E-state index in [9.17, 15) is 0 Å². The number of nitrogens with one attached hydrogen (secondary N) is 1. The number of hydrogen-bond donors (Lipinski definition) is 1. The molecule has 1 N–H and O–H groups in total. The SMILES string of the molecule is COc1ccc(N2CC(C)NCC2C)cc1Br. The summed E-state index contributed by atoms with van der Waals surface area (Å²) in [5.74, 6) is 0.879. The number of anilines is 1. The van der Waals surface area contributed by atoms with Gasteiger partial charge < -0.3 is 15.0 Å². The van der Waals surface area contributed by atoms with E-state index in [1.807, 2.05) is 6.07 Å². The van der Waals surface area contributed by atoms with Gasteiger partial charge in [-0.15, -0.1) is 0 Å². The van der Waals surface area contributed by atoms with Crippen molar-refractivity contribution in [2.45, 2.75) is 25.9 Å². The fourth-order valence-corrected chi connectivity index (χ4v) is 2.74. The van der Waals surface area contributed by atoms with Crippen molar-refractivity contribution in [1.29, 1.82) is 0 Å². The average molecular weight is 299 g/mol. The molecule has 3 nitrogen and oxygen atoms in total. The summed E-state index contributed by atoms with van der Waals surface area (Å²) in [5.41, 5.74) is 1.25. The monoisotopic (exact) mass is 298 g/mol. The molecule has 1 aromatic carbocycles. The Balaban J connectivity index is 2.23. The molecule has 1 fully saturated rings. The van der Waals surface area contributed by atoms with Crippen molar-refractivity contribution in [1.82, 2.24) is 5.32 Å². The molecule has 2 atom stereocenters. The van der Waals surface area contributed by atoms with Crippen LogP contribution >= 0.6 is 15.9 Å². The van der Waals surface area contributed by atoms with E-state index < -0.39 is 0 Å². The number of nitrogens with zero attached hydrogens (tertiary/aromatic N) is 1. The highest BCUT2D eigenvalue weighted by Gasteiger charge is 2.22. The lowest BCUT2D eigenvalue weighted by molar-refractivity contribution is 0.410. The molecule has 1 heterocycles. The summed E-state index contributed by atoms with van der Waals surface area (Å²) in [5, 5.41) is 3.49. The number of methoxy groups -OCH3 is 1. The van der Waals surface area contributed by atoms with Gasteiger partial charge in [-0.1, -0.05) is 0 Å². The molecule has 94 valence electrons. The lowest BCUT2D eigenvalue weighted by Gasteiger charge is -2.39. The van der Waals surface area contributed by atoms with Gasteiger partial charge in [-0.05, 0) is 48.0 Å². The van der Waals surface area contributed by atoms with Gasteiger partial charge in [0, 0.05) is 30.9 Å². The molecule has 2 rings (SSSR count). The number of piperazine rings is 1. The summed E-state index contributed by atoms with van der Waals surface area (Å²) < 4.78 is 6.27. The summed E-state index contributed by atoms with van der Waals surface area (Å²) in [6.07, 6.45) is 0. The van der Waals surface area contributed by atoms with Gasteiger partial charge >= 0.3 is 0 Å². The zero-order chi connectivity index (χ0) is 12.4. The standard InChI is InChI=1S/C13H19BrN2O/c1-9-8-16(10(2)7-15-9)11-4-5-13(17-3)12(14)6-11/h4-6,9-10,15H,7-8H2,1-3H3. The largest absolute Gasteiger partial charge is 0.496 e. The Morgan fingerprint density at radius 2 is 2.18 bits per heavy atom. The van der Waals surface area contributed by atoms with Gasteiger partial charge in [-0.2, -0.15) is 0 Å². The molecule has 1 aliphatic heterocycles. The van der Waals surface area contributed by atoms with Crippen LogP contribution in [-0.2, 0) is 0 Å². The van der Waals surface area contributed by atoms with Crippen LogP contribution in [0.1, 0.15) is 13.8 Å². The van der Waals surface area contributed by atoms with Crippen molar-refractivity contribution in [2.75, 3.05) is 25.1 Å². The third kappa shape index (κ3) is 2.75. The molecule has 0 bridgehead atoms. The Morgan fingerprint density at radius 3 is 2.82 bits per heavy atom. The van der Waals surface area contributed by atoms with Crippen LogP contribution in [0, 0.1) is 0 Å². The molecule has 2 unspecified atom stereocenters. The van der Waals surface area contributed by atoms with Crippen molar-refractivity contribution in [2.24, 2.45) is 0 Å². The van der Waals surface area contributed by atoms with E-state index in [4.69, 9.17) is 4.74 Å². The normalized spacial score (nSPS) is 24.8. The summed E-state index contributed by atoms with van der Waals surface area (Å²) in [6.45, 7) is 6.54. The molecule has 0 radical (unpaired) electrons. The summed E-state index contributed by atoms with van der Waals surface area (Å²) >= 11 is 3.54. The lowest BCUT2D eigenvalue weighted by Crippen LogP contribution is -2.54. The Bertz CT molecular complexity index is 397. The predicted molar refractivity (Wildman–Crippen MR) is 75.0 cm³/mol. The molecule has 0 aromatic heterocycles. The maximum atomic E-state index is 5.26. The fourth-order valence-electron chi connectivity index (χ4n) is 2.22. The zero-order valence-corrected chi connectivity index (χ0v) is 12.1. The van der Waals surface area contributed by atoms with E-state index in [2.05, 4.69) is 52.1 Å². The van der Waals surface area contributed by atoms with Gasteiger partial charge in [0.2, 0.25) is 0 Å². The second kappa shape index (κ2) is 5.27. The van der Waals surface area contributed by atoms with Crippen molar-refractivity contribution in [3.63, 3.8) is 0 Å². The van der Waals surface area contributed by atoms with Crippen LogP contribution in [-0.4, -0.2) is 32.3 Å². The number of ether oxygens (including phenoxy) is 1. The first-order valence-electron chi connectivity index (χ1n) is 5.95. The minimum atomic E-state index is 0.520. The summed E-state index contributed by atoms with van der Waals surface area (Å²) in [6, 6.07) is 7.32. The van der Waals surface area contributed by atoms with Crippen LogP contribution in [0.2, 0.25) is 0 Å². The van der Waals surface area contributed by atoms with Crippen LogP contribution in [0.15, 0.2) is 22.7 Å². The molecule has 0 aliphatic carbocycles. The number of rotatable bonds is 2. The van der Waals surface area contributed by atoms with E-state index in [1.54, 1.807) is 7.11 Å². The van der Waals surface area contributed by atoms with Crippen LogP contribution < -0.4 is 15.0 Å². The quantitative estimate of drug-likeness (QED) is 0.908. The summed E-state index contributed by atoms with van der Waals surface area (Å²) in [4.78, 5) is 2.44. The average Bonchev–Trinajstić information content (AvgIpc) is 2.32. The van der Waals surface area contributed by atoms with Gasteiger partial charge in [0.1, 0.15) is 5.75 Å². The van der Waals surface area contributed by atoms with Gasteiger partial charge in [0.25, 0.3) is 0 Å². The van der Waals surface area contributed by atoms with Crippen LogP contribution in [0.3, 0.4) is 0 Å². The molecular weight excluding hydrogens is 280 g/mol. The molecule has 0 saturated carbocycles. The third-order valence-corrected chi connectivity index (χ3v) is 3.85. The van der Waals surface area contributed by atoms with E-state index in [-0.39, 0.29) is 0 Å². The van der Waals surface area contributed by atoms with Crippen LogP contribution in [0.5, 0.6) is 5.75 Å². The summed E-state index contributed by atoms with van der Waals surface area (Å²) in [7, 11) is 1.69. The minimum Gasteiger partial charge on any atom is -0.496 e. The van der Waals surface area contributed by atoms with E-state index in [0.29, 0.717) is 12.1 Å². The first-order chi connectivity index (χ1) is 8.11. The smallest absolute Gasteiger partial charge is 0.133 e. The molecule has 4 heteroatoms. The fraction of sp³-hybridized carbons (Fsp3) is 0.538. The predicted octanol–water partition coefficient (Wildman–Crippen LogP) is 2.64. The highest BCUT2D eigenvalue weighted by molar-refractivity contribution is 9.10. The maximum Gasteiger partial charge on any atom is 0.133 e. The number of benzene rings is 1. The molecule has 1 aliphatic rings. The van der Waals surface area contributed by atoms with Crippen molar-refractivity contribution >= 4 is 21.6 Å². The third-order valence-electron chi connectivity index (χ3n) is 3.23. The molecular formula is C13H19BrN2O. The molecule has 1 saturated heterocycles. The number of hydrogen-bond acceptors (Lipinski definition) is 3. The zero-order valence-electron chi connectivity index (χ0n) is 10.5. The van der Waals surface area contributed by atoms with Gasteiger partial charge in [0.05, 0.1) is 11.6 Å². The Kier molecular flexibility index (Phi) is 3.94. The molecule has 1 aromatic rings. The van der Waals surface area contributed by atoms with Crippen molar-refractivity contribution in [3.05, 3.63) is 22.7 Å². The van der Waals surface area contributed by atoms with E-state index in [0.717, 1.165) is 23.3 Å². The van der Waals surface area contributed by atoms with Crippen molar-refractivity contribution < 1.29 is 4.74 Å². The lowest BCUT2D eigenvalue weighted by atomic mass is 10.1. The maximum absolute atomic E-state index is 5.26. The van der Waals surface area contributed by atoms with Crippen LogP contribution in [0.4, 0.5) is 5.69 Å². The molecule has 17 heavy (non-hydrogen) atoms. The second-order valence-corrected chi connectivity index (χ2v) is 5.48. The first-order valence-corrected chi connectivity index (χ1v) is 6.74. The second-order valence-electron chi connectivity index (χ2n) is 4.63. The Morgan fingerprint density at radius 1 is 1.41 bits per heavy atom. The van der Waals surface area contributed by atoms with Gasteiger partial charge in [0.15, 0.2) is 0 Å². The van der Waals surface area contributed by atoms with Crippen molar-refractivity contribution in [3.8, 4) is 5.75 Å². The highest BCUT2D eigenvalue weighted by Crippen LogP contribution is 2.30. The Labute approximate surface area is 111 Å². The van der Waals surface area contributed by atoms with E-state index >= 15 is 0 Å². The van der Waals surface area contributed by atoms with E-state index in [1.165, 1.54) is 5.69 Å². The Hall–Kier alpha value is -0.740. The molecule has 0 amide bonds.